The molecule has 0 spiro atoms. The van der Waals surface area contributed by atoms with E-state index in [4.69, 9.17) is 0 Å². The van der Waals surface area contributed by atoms with Crippen molar-refractivity contribution in [3.63, 3.8) is 0 Å². The van der Waals surface area contributed by atoms with Crippen molar-refractivity contribution in [1.29, 1.82) is 0 Å². The topological polar surface area (TPSA) is 59.8 Å². The van der Waals surface area contributed by atoms with Crippen LogP contribution in [0.15, 0.2) is 42.5 Å². The van der Waals surface area contributed by atoms with Gasteiger partial charge in [0.25, 0.3) is 5.91 Å². The van der Waals surface area contributed by atoms with Crippen molar-refractivity contribution >= 4 is 11.6 Å². The second-order valence-corrected chi connectivity index (χ2v) is 6.90. The highest BCUT2D eigenvalue weighted by atomic mass is 16.1. The summed E-state index contributed by atoms with van der Waals surface area (Å²) in [5.41, 5.74) is 4.56. The Hall–Kier alpha value is -2.95. The summed E-state index contributed by atoms with van der Waals surface area (Å²) in [5.74, 6) is 1.83. The summed E-state index contributed by atoms with van der Waals surface area (Å²) < 4.78 is 2.19. The van der Waals surface area contributed by atoms with Crippen molar-refractivity contribution in [3.8, 4) is 11.4 Å². The normalized spacial score (nSPS) is 13.3. The molecule has 0 saturated carbocycles. The Morgan fingerprint density at radius 1 is 1.08 bits per heavy atom. The summed E-state index contributed by atoms with van der Waals surface area (Å²) >= 11 is 0. The molecule has 0 bridgehead atoms. The van der Waals surface area contributed by atoms with Crippen molar-refractivity contribution in [2.24, 2.45) is 0 Å². The van der Waals surface area contributed by atoms with E-state index in [0.29, 0.717) is 5.56 Å². The first kappa shape index (κ1) is 16.5. The predicted octanol–water partition coefficient (Wildman–Crippen LogP) is 4.15. The fourth-order valence-electron chi connectivity index (χ4n) is 3.52. The first-order valence-electron chi connectivity index (χ1n) is 9.03. The van der Waals surface area contributed by atoms with Gasteiger partial charge in [0.05, 0.1) is 0 Å². The van der Waals surface area contributed by atoms with Crippen molar-refractivity contribution in [2.75, 3.05) is 5.32 Å². The highest BCUT2D eigenvalue weighted by molar-refractivity contribution is 6.05. The molecule has 1 N–H and O–H groups in total. The van der Waals surface area contributed by atoms with Crippen LogP contribution < -0.4 is 5.32 Å². The zero-order chi connectivity index (χ0) is 18.1. The molecule has 1 aliphatic heterocycles. The van der Waals surface area contributed by atoms with Crippen LogP contribution in [0, 0.1) is 13.8 Å². The van der Waals surface area contributed by atoms with Crippen LogP contribution in [0.3, 0.4) is 0 Å². The van der Waals surface area contributed by atoms with E-state index >= 15 is 0 Å². The number of nitrogens with one attached hydrogen (secondary N) is 1. The Bertz CT molecular complexity index is 974. The third-order valence-corrected chi connectivity index (χ3v) is 4.86. The number of fused-ring (bicyclic) bond motifs is 1. The van der Waals surface area contributed by atoms with Gasteiger partial charge in [-0.2, -0.15) is 0 Å². The lowest BCUT2D eigenvalue weighted by atomic mass is 10.0. The SMILES string of the molecule is Cc1ccc(C(=O)Nc2cccc(-c3nnc4n3CCCC4)c2)c(C)c1. The summed E-state index contributed by atoms with van der Waals surface area (Å²) in [6.45, 7) is 4.94. The number of carbonyl (C=O) groups excluding carboxylic acids is 1. The maximum atomic E-state index is 12.6. The van der Waals surface area contributed by atoms with E-state index in [2.05, 4.69) is 20.1 Å². The first-order chi connectivity index (χ1) is 12.6. The lowest BCUT2D eigenvalue weighted by molar-refractivity contribution is 0.102. The number of hydrogen-bond acceptors (Lipinski definition) is 3. The van der Waals surface area contributed by atoms with Crippen LogP contribution in [0.2, 0.25) is 0 Å². The van der Waals surface area contributed by atoms with Crippen molar-refractivity contribution < 1.29 is 4.79 Å². The predicted molar refractivity (Wildman–Crippen MR) is 102 cm³/mol. The molecule has 0 radical (unpaired) electrons. The summed E-state index contributed by atoms with van der Waals surface area (Å²) in [5, 5.41) is 11.7. The van der Waals surface area contributed by atoms with Crippen LogP contribution in [-0.2, 0) is 13.0 Å². The maximum Gasteiger partial charge on any atom is 0.255 e. The monoisotopic (exact) mass is 346 g/mol. The largest absolute Gasteiger partial charge is 0.322 e. The van der Waals surface area contributed by atoms with Gasteiger partial charge in [-0.3, -0.25) is 4.79 Å². The number of hydrogen-bond donors (Lipinski definition) is 1. The standard InChI is InChI=1S/C21H22N4O/c1-14-9-10-18(15(2)12-14)21(26)22-17-7-5-6-16(13-17)20-24-23-19-8-3-4-11-25(19)20/h5-7,9-10,12-13H,3-4,8,11H2,1-2H3,(H,22,26). The number of carbonyl (C=O) groups is 1. The van der Waals surface area contributed by atoms with Gasteiger partial charge in [0.15, 0.2) is 5.82 Å². The third kappa shape index (κ3) is 3.12. The maximum absolute atomic E-state index is 12.6. The van der Waals surface area contributed by atoms with Gasteiger partial charge in [-0.15, -0.1) is 10.2 Å². The molecule has 1 aliphatic rings. The van der Waals surface area contributed by atoms with Crippen molar-refractivity contribution in [2.45, 2.75) is 39.7 Å². The molecular formula is C21H22N4O. The molecule has 1 aromatic heterocycles. The highest BCUT2D eigenvalue weighted by Crippen LogP contribution is 2.25. The van der Waals surface area contributed by atoms with Gasteiger partial charge >= 0.3 is 0 Å². The Morgan fingerprint density at radius 3 is 2.81 bits per heavy atom. The Morgan fingerprint density at radius 2 is 1.96 bits per heavy atom. The Kier molecular flexibility index (Phi) is 4.29. The Balaban J connectivity index is 1.60. The molecule has 26 heavy (non-hydrogen) atoms. The van der Waals surface area contributed by atoms with E-state index in [9.17, 15) is 4.79 Å². The van der Waals surface area contributed by atoms with Gasteiger partial charge in [0.1, 0.15) is 5.82 Å². The van der Waals surface area contributed by atoms with Gasteiger partial charge in [0, 0.05) is 29.8 Å². The lowest BCUT2D eigenvalue weighted by Crippen LogP contribution is -2.14. The first-order valence-corrected chi connectivity index (χ1v) is 9.03. The number of benzene rings is 2. The number of amides is 1. The molecule has 0 aliphatic carbocycles. The molecule has 0 atom stereocenters. The van der Waals surface area contributed by atoms with E-state index < -0.39 is 0 Å². The van der Waals surface area contributed by atoms with Crippen LogP contribution in [0.5, 0.6) is 0 Å². The third-order valence-electron chi connectivity index (χ3n) is 4.86. The molecule has 3 aromatic rings. The molecule has 5 nitrogen and oxygen atoms in total. The van der Waals surface area contributed by atoms with Gasteiger partial charge in [0.2, 0.25) is 0 Å². The van der Waals surface area contributed by atoms with Crippen molar-refractivity contribution in [3.05, 3.63) is 65.0 Å². The van der Waals surface area contributed by atoms with E-state index in [1.807, 2.05) is 56.3 Å². The van der Waals surface area contributed by atoms with E-state index in [1.165, 1.54) is 6.42 Å². The molecular weight excluding hydrogens is 324 g/mol. The summed E-state index contributed by atoms with van der Waals surface area (Å²) in [6, 6.07) is 13.7. The number of nitrogens with zero attached hydrogens (tertiary/aromatic N) is 3. The van der Waals surface area contributed by atoms with E-state index in [-0.39, 0.29) is 5.91 Å². The van der Waals surface area contributed by atoms with Crippen LogP contribution in [0.25, 0.3) is 11.4 Å². The molecule has 0 saturated heterocycles. The highest BCUT2D eigenvalue weighted by Gasteiger charge is 2.17. The zero-order valence-corrected chi connectivity index (χ0v) is 15.1. The molecule has 4 rings (SSSR count). The van der Waals surface area contributed by atoms with Gasteiger partial charge in [-0.25, -0.2) is 0 Å². The van der Waals surface area contributed by atoms with Gasteiger partial charge in [-0.1, -0.05) is 29.8 Å². The van der Waals surface area contributed by atoms with E-state index in [1.54, 1.807) is 0 Å². The fourth-order valence-corrected chi connectivity index (χ4v) is 3.52. The molecule has 132 valence electrons. The second-order valence-electron chi connectivity index (χ2n) is 6.90. The quantitative estimate of drug-likeness (QED) is 0.775. The second kappa shape index (κ2) is 6.75. The molecule has 2 aromatic carbocycles. The summed E-state index contributed by atoms with van der Waals surface area (Å²) in [7, 11) is 0. The average molecular weight is 346 g/mol. The minimum Gasteiger partial charge on any atom is -0.322 e. The zero-order valence-electron chi connectivity index (χ0n) is 15.1. The summed E-state index contributed by atoms with van der Waals surface area (Å²) in [6.07, 6.45) is 3.31. The molecule has 5 heteroatoms. The number of aryl methyl sites for hydroxylation is 3. The van der Waals surface area contributed by atoms with Crippen LogP contribution in [0.4, 0.5) is 5.69 Å². The minimum atomic E-state index is -0.0945. The van der Waals surface area contributed by atoms with Crippen LogP contribution in [0.1, 0.15) is 40.2 Å². The average Bonchev–Trinajstić information content (AvgIpc) is 3.06. The number of rotatable bonds is 3. The van der Waals surface area contributed by atoms with E-state index in [0.717, 1.165) is 53.4 Å². The molecule has 2 heterocycles. The number of anilines is 1. The van der Waals surface area contributed by atoms with Gasteiger partial charge in [-0.05, 0) is 50.5 Å². The minimum absolute atomic E-state index is 0.0945. The smallest absolute Gasteiger partial charge is 0.255 e. The molecule has 1 amide bonds. The van der Waals surface area contributed by atoms with Crippen LogP contribution >= 0.6 is 0 Å². The van der Waals surface area contributed by atoms with Crippen molar-refractivity contribution in [1.82, 2.24) is 14.8 Å². The molecule has 0 unspecified atom stereocenters. The number of aromatic nitrogens is 3. The molecule has 0 fully saturated rings. The summed E-state index contributed by atoms with van der Waals surface area (Å²) in [4.78, 5) is 12.6. The Labute approximate surface area is 153 Å². The van der Waals surface area contributed by atoms with Gasteiger partial charge < -0.3 is 9.88 Å². The lowest BCUT2D eigenvalue weighted by Gasteiger charge is -2.15. The fraction of sp³-hybridized carbons (Fsp3) is 0.286. The van der Waals surface area contributed by atoms with Crippen LogP contribution in [-0.4, -0.2) is 20.7 Å².